The molecule has 1 aromatic heterocycles. The monoisotopic (exact) mass is 197 g/mol. The van der Waals surface area contributed by atoms with Crippen molar-refractivity contribution in [1.82, 2.24) is 4.98 Å². The molecule has 0 N–H and O–H groups in total. The summed E-state index contributed by atoms with van der Waals surface area (Å²) in [6, 6.07) is 13.4. The van der Waals surface area contributed by atoms with E-state index in [0.29, 0.717) is 6.42 Å². The number of hydrogen-bond acceptors (Lipinski definition) is 2. The second-order valence-corrected chi connectivity index (χ2v) is 3.31. The number of aromatic nitrogens is 1. The second kappa shape index (κ2) is 4.51. The average molecular weight is 197 g/mol. The van der Waals surface area contributed by atoms with Gasteiger partial charge in [-0.3, -0.25) is 9.78 Å². The van der Waals surface area contributed by atoms with Gasteiger partial charge in [-0.05, 0) is 17.7 Å². The zero-order valence-corrected chi connectivity index (χ0v) is 8.26. The van der Waals surface area contributed by atoms with Gasteiger partial charge < -0.3 is 0 Å². The number of pyridine rings is 1. The quantitative estimate of drug-likeness (QED) is 0.707. The third-order valence-electron chi connectivity index (χ3n) is 2.28. The molecule has 0 aliphatic heterocycles. The molecule has 2 heteroatoms. The third kappa shape index (κ3) is 2.29. The van der Waals surface area contributed by atoms with Gasteiger partial charge in [-0.1, -0.05) is 30.3 Å². The van der Waals surface area contributed by atoms with Crippen molar-refractivity contribution in [3.63, 3.8) is 0 Å². The number of aldehydes is 1. The fourth-order valence-electron chi connectivity index (χ4n) is 1.51. The molecular formula is C13H11NO. The molecule has 0 radical (unpaired) electrons. The first kappa shape index (κ1) is 9.59. The van der Waals surface area contributed by atoms with Crippen molar-refractivity contribution in [1.29, 1.82) is 0 Å². The molecule has 0 aliphatic carbocycles. The maximum absolute atomic E-state index is 10.8. The Hall–Kier alpha value is -1.96. The molecule has 0 aliphatic rings. The first-order valence-electron chi connectivity index (χ1n) is 4.83. The van der Waals surface area contributed by atoms with Gasteiger partial charge in [0.25, 0.3) is 0 Å². The lowest BCUT2D eigenvalue weighted by molar-refractivity contribution is 0.112. The minimum absolute atomic E-state index is 0.704. The number of carbonyl (C=O) groups excluding carboxylic acids is 1. The Morgan fingerprint density at radius 1 is 1.07 bits per heavy atom. The van der Waals surface area contributed by atoms with Crippen LogP contribution in [0.5, 0.6) is 0 Å². The van der Waals surface area contributed by atoms with Gasteiger partial charge in [-0.15, -0.1) is 0 Å². The van der Waals surface area contributed by atoms with Gasteiger partial charge in [0.1, 0.15) is 6.29 Å². The Kier molecular flexibility index (Phi) is 2.88. The zero-order chi connectivity index (χ0) is 10.5. The Bertz CT molecular complexity index is 451. The van der Waals surface area contributed by atoms with E-state index in [0.717, 1.165) is 23.1 Å². The molecule has 1 heterocycles. The summed E-state index contributed by atoms with van der Waals surface area (Å²) in [6.45, 7) is 0. The Morgan fingerprint density at radius 3 is 2.60 bits per heavy atom. The fraction of sp³-hybridized carbons (Fsp3) is 0.0769. The summed E-state index contributed by atoms with van der Waals surface area (Å²) in [6.07, 6.45) is 3.35. The lowest BCUT2D eigenvalue weighted by Crippen LogP contribution is -1.95. The van der Waals surface area contributed by atoms with Crippen LogP contribution in [0.2, 0.25) is 0 Å². The predicted molar refractivity (Wildman–Crippen MR) is 58.9 cm³/mol. The maximum atomic E-state index is 10.8. The van der Waals surface area contributed by atoms with E-state index in [-0.39, 0.29) is 0 Å². The summed E-state index contributed by atoms with van der Waals surface area (Å²) < 4.78 is 0. The molecule has 1 aromatic carbocycles. The molecule has 0 bridgehead atoms. The SMILES string of the molecule is O=Cc1ccccc1Cc1ccccn1. The highest BCUT2D eigenvalue weighted by Crippen LogP contribution is 2.10. The van der Waals surface area contributed by atoms with Gasteiger partial charge in [0.15, 0.2) is 0 Å². The molecule has 0 atom stereocenters. The van der Waals surface area contributed by atoms with Crippen molar-refractivity contribution >= 4 is 6.29 Å². The molecule has 2 aromatic rings. The van der Waals surface area contributed by atoms with E-state index in [4.69, 9.17) is 0 Å². The molecule has 15 heavy (non-hydrogen) atoms. The van der Waals surface area contributed by atoms with Crippen LogP contribution >= 0.6 is 0 Å². The normalized spacial score (nSPS) is 9.87. The first-order valence-corrected chi connectivity index (χ1v) is 4.83. The number of nitrogens with zero attached hydrogens (tertiary/aromatic N) is 1. The molecule has 0 unspecified atom stereocenters. The van der Waals surface area contributed by atoms with Crippen LogP contribution in [0.4, 0.5) is 0 Å². The van der Waals surface area contributed by atoms with Gasteiger partial charge in [0, 0.05) is 23.9 Å². The van der Waals surface area contributed by atoms with Crippen LogP contribution in [-0.2, 0) is 6.42 Å². The van der Waals surface area contributed by atoms with Crippen molar-refractivity contribution in [2.75, 3.05) is 0 Å². The molecule has 0 saturated heterocycles. The Morgan fingerprint density at radius 2 is 1.87 bits per heavy atom. The van der Waals surface area contributed by atoms with Crippen LogP contribution in [0.1, 0.15) is 21.6 Å². The lowest BCUT2D eigenvalue weighted by atomic mass is 10.0. The molecular weight excluding hydrogens is 186 g/mol. The number of carbonyl (C=O) groups is 1. The topological polar surface area (TPSA) is 30.0 Å². The minimum atomic E-state index is 0.704. The van der Waals surface area contributed by atoms with Crippen molar-refractivity contribution in [2.24, 2.45) is 0 Å². The third-order valence-corrected chi connectivity index (χ3v) is 2.28. The van der Waals surface area contributed by atoms with Crippen LogP contribution in [0.3, 0.4) is 0 Å². The maximum Gasteiger partial charge on any atom is 0.150 e. The summed E-state index contributed by atoms with van der Waals surface area (Å²) in [5.74, 6) is 0. The van der Waals surface area contributed by atoms with E-state index in [1.165, 1.54) is 0 Å². The van der Waals surface area contributed by atoms with E-state index in [2.05, 4.69) is 4.98 Å². The van der Waals surface area contributed by atoms with Gasteiger partial charge in [0.05, 0.1) is 0 Å². The largest absolute Gasteiger partial charge is 0.298 e. The molecule has 2 rings (SSSR count). The summed E-state index contributed by atoms with van der Waals surface area (Å²) in [5, 5.41) is 0. The van der Waals surface area contributed by atoms with Crippen LogP contribution in [0.15, 0.2) is 48.7 Å². The lowest BCUT2D eigenvalue weighted by Gasteiger charge is -2.03. The Labute approximate surface area is 88.6 Å². The summed E-state index contributed by atoms with van der Waals surface area (Å²) in [4.78, 5) is 15.0. The highest BCUT2D eigenvalue weighted by molar-refractivity contribution is 5.77. The highest BCUT2D eigenvalue weighted by atomic mass is 16.1. The number of benzene rings is 1. The standard InChI is InChI=1S/C13H11NO/c15-10-12-6-2-1-5-11(12)9-13-7-3-4-8-14-13/h1-8,10H,9H2. The van der Waals surface area contributed by atoms with Crippen LogP contribution < -0.4 is 0 Å². The molecule has 0 amide bonds. The molecule has 0 saturated carbocycles. The molecule has 74 valence electrons. The minimum Gasteiger partial charge on any atom is -0.298 e. The van der Waals surface area contributed by atoms with E-state index >= 15 is 0 Å². The predicted octanol–water partition coefficient (Wildman–Crippen LogP) is 2.48. The Balaban J connectivity index is 2.28. The van der Waals surface area contributed by atoms with Gasteiger partial charge in [0.2, 0.25) is 0 Å². The van der Waals surface area contributed by atoms with Gasteiger partial charge in [-0.25, -0.2) is 0 Å². The highest BCUT2D eigenvalue weighted by Gasteiger charge is 2.01. The van der Waals surface area contributed by atoms with Crippen LogP contribution in [0, 0.1) is 0 Å². The van der Waals surface area contributed by atoms with E-state index in [1.807, 2.05) is 42.5 Å². The van der Waals surface area contributed by atoms with Crippen LogP contribution in [-0.4, -0.2) is 11.3 Å². The average Bonchev–Trinajstić information content (AvgIpc) is 2.31. The summed E-state index contributed by atoms with van der Waals surface area (Å²) in [5.41, 5.74) is 2.74. The first-order chi connectivity index (χ1) is 7.40. The fourth-order valence-corrected chi connectivity index (χ4v) is 1.51. The number of rotatable bonds is 3. The van der Waals surface area contributed by atoms with Crippen LogP contribution in [0.25, 0.3) is 0 Å². The molecule has 2 nitrogen and oxygen atoms in total. The van der Waals surface area contributed by atoms with E-state index < -0.39 is 0 Å². The summed E-state index contributed by atoms with van der Waals surface area (Å²) in [7, 11) is 0. The molecule has 0 spiro atoms. The van der Waals surface area contributed by atoms with Crippen molar-refractivity contribution in [3.05, 3.63) is 65.5 Å². The smallest absolute Gasteiger partial charge is 0.150 e. The summed E-state index contributed by atoms with van der Waals surface area (Å²) >= 11 is 0. The van der Waals surface area contributed by atoms with E-state index in [1.54, 1.807) is 6.20 Å². The van der Waals surface area contributed by atoms with Crippen molar-refractivity contribution in [2.45, 2.75) is 6.42 Å². The molecule has 0 fully saturated rings. The van der Waals surface area contributed by atoms with E-state index in [9.17, 15) is 4.79 Å². The number of hydrogen-bond donors (Lipinski definition) is 0. The zero-order valence-electron chi connectivity index (χ0n) is 8.26. The van der Waals surface area contributed by atoms with Crippen molar-refractivity contribution < 1.29 is 4.79 Å². The van der Waals surface area contributed by atoms with Gasteiger partial charge >= 0.3 is 0 Å². The second-order valence-electron chi connectivity index (χ2n) is 3.31. The van der Waals surface area contributed by atoms with Crippen molar-refractivity contribution in [3.8, 4) is 0 Å². The van der Waals surface area contributed by atoms with Gasteiger partial charge in [-0.2, -0.15) is 0 Å².